The van der Waals surface area contributed by atoms with Crippen molar-refractivity contribution in [1.82, 2.24) is 10.2 Å². The van der Waals surface area contributed by atoms with Crippen LogP contribution in [0.1, 0.15) is 29.8 Å². The Bertz CT molecular complexity index is 347. The van der Waals surface area contributed by atoms with E-state index in [0.717, 1.165) is 32.8 Å². The third kappa shape index (κ3) is 4.05. The van der Waals surface area contributed by atoms with Gasteiger partial charge in [-0.15, -0.1) is 11.3 Å². The number of thiophene rings is 1. The van der Waals surface area contributed by atoms with Crippen LogP contribution in [0.3, 0.4) is 0 Å². The van der Waals surface area contributed by atoms with Gasteiger partial charge >= 0.3 is 0 Å². The number of rotatable bonds is 6. The predicted molar refractivity (Wildman–Crippen MR) is 77.3 cm³/mol. The van der Waals surface area contributed by atoms with E-state index in [9.17, 15) is 0 Å². The monoisotopic (exact) mass is 268 g/mol. The van der Waals surface area contributed by atoms with Crippen molar-refractivity contribution in [3.8, 4) is 0 Å². The molecule has 102 valence electrons. The molecule has 0 aliphatic carbocycles. The van der Waals surface area contributed by atoms with Crippen LogP contribution in [0.15, 0.2) is 11.4 Å². The first-order valence-corrected chi connectivity index (χ1v) is 7.73. The summed E-state index contributed by atoms with van der Waals surface area (Å²) in [5.74, 6) is 0. The summed E-state index contributed by atoms with van der Waals surface area (Å²) in [7, 11) is 0. The first-order chi connectivity index (χ1) is 8.77. The van der Waals surface area contributed by atoms with Gasteiger partial charge in [0.15, 0.2) is 0 Å². The van der Waals surface area contributed by atoms with Crippen molar-refractivity contribution in [1.29, 1.82) is 0 Å². The van der Waals surface area contributed by atoms with Crippen LogP contribution < -0.4 is 5.32 Å². The standard InChI is InChI=1S/C14H24N2OS/c1-12-4-11-18-14(12)13(2)15-5-3-6-16-7-9-17-10-8-16/h4,11,13,15H,3,5-10H2,1-2H3. The number of nitrogens with zero attached hydrogens (tertiary/aromatic N) is 1. The van der Waals surface area contributed by atoms with Gasteiger partial charge in [-0.05, 0) is 50.4 Å². The second-order valence-corrected chi connectivity index (χ2v) is 5.90. The van der Waals surface area contributed by atoms with Gasteiger partial charge in [0.05, 0.1) is 13.2 Å². The zero-order chi connectivity index (χ0) is 12.8. The van der Waals surface area contributed by atoms with E-state index in [-0.39, 0.29) is 0 Å². The highest BCUT2D eigenvalue weighted by Crippen LogP contribution is 2.23. The Labute approximate surface area is 114 Å². The number of hydrogen-bond acceptors (Lipinski definition) is 4. The van der Waals surface area contributed by atoms with Crippen molar-refractivity contribution in [3.63, 3.8) is 0 Å². The van der Waals surface area contributed by atoms with Gasteiger partial charge < -0.3 is 10.1 Å². The molecule has 0 saturated carbocycles. The molecule has 2 heterocycles. The third-order valence-corrected chi connectivity index (χ3v) is 4.70. The first kappa shape index (κ1) is 14.0. The van der Waals surface area contributed by atoms with Crippen LogP contribution in [0.4, 0.5) is 0 Å². The summed E-state index contributed by atoms with van der Waals surface area (Å²) in [4.78, 5) is 3.97. The lowest BCUT2D eigenvalue weighted by Gasteiger charge is -2.26. The zero-order valence-electron chi connectivity index (χ0n) is 11.4. The molecule has 0 radical (unpaired) electrons. The van der Waals surface area contributed by atoms with Crippen molar-refractivity contribution >= 4 is 11.3 Å². The van der Waals surface area contributed by atoms with Crippen LogP contribution in [0.2, 0.25) is 0 Å². The van der Waals surface area contributed by atoms with E-state index in [4.69, 9.17) is 4.74 Å². The van der Waals surface area contributed by atoms with Crippen LogP contribution in [0.25, 0.3) is 0 Å². The Morgan fingerprint density at radius 3 is 2.89 bits per heavy atom. The van der Waals surface area contributed by atoms with Crippen molar-refractivity contribution in [3.05, 3.63) is 21.9 Å². The first-order valence-electron chi connectivity index (χ1n) is 6.85. The lowest BCUT2D eigenvalue weighted by atomic mass is 10.2. The Balaban J connectivity index is 1.61. The molecule has 1 aliphatic heterocycles. The SMILES string of the molecule is Cc1ccsc1C(C)NCCCN1CCOCC1. The molecule has 4 heteroatoms. The van der Waals surface area contributed by atoms with Crippen LogP contribution in [0, 0.1) is 6.92 Å². The summed E-state index contributed by atoms with van der Waals surface area (Å²) in [6.45, 7) is 10.7. The summed E-state index contributed by atoms with van der Waals surface area (Å²) in [5, 5.41) is 5.80. The highest BCUT2D eigenvalue weighted by Gasteiger charge is 2.11. The Morgan fingerprint density at radius 1 is 1.44 bits per heavy atom. The molecule has 1 aromatic rings. The number of morpholine rings is 1. The maximum Gasteiger partial charge on any atom is 0.0594 e. The Hall–Kier alpha value is -0.420. The number of aryl methyl sites for hydroxylation is 1. The van der Waals surface area contributed by atoms with Crippen molar-refractivity contribution < 1.29 is 4.74 Å². The van der Waals surface area contributed by atoms with Crippen LogP contribution in [-0.2, 0) is 4.74 Å². The van der Waals surface area contributed by atoms with Gasteiger partial charge in [-0.25, -0.2) is 0 Å². The number of ether oxygens (including phenoxy) is 1. The molecule has 0 spiro atoms. The molecule has 1 aromatic heterocycles. The molecule has 3 nitrogen and oxygen atoms in total. The summed E-state index contributed by atoms with van der Waals surface area (Å²) < 4.78 is 5.35. The molecule has 0 aromatic carbocycles. The van der Waals surface area contributed by atoms with E-state index in [1.807, 2.05) is 11.3 Å². The van der Waals surface area contributed by atoms with E-state index in [0.29, 0.717) is 6.04 Å². The maximum absolute atomic E-state index is 5.35. The molecule has 1 atom stereocenters. The fourth-order valence-electron chi connectivity index (χ4n) is 2.37. The summed E-state index contributed by atoms with van der Waals surface area (Å²) in [6.07, 6.45) is 1.22. The van der Waals surface area contributed by atoms with Gasteiger partial charge in [0.2, 0.25) is 0 Å². The lowest BCUT2D eigenvalue weighted by Crippen LogP contribution is -2.37. The summed E-state index contributed by atoms with van der Waals surface area (Å²) in [6, 6.07) is 2.68. The molecular formula is C14H24N2OS. The van der Waals surface area contributed by atoms with E-state index in [1.54, 1.807) is 0 Å². The lowest BCUT2D eigenvalue weighted by molar-refractivity contribution is 0.0374. The van der Waals surface area contributed by atoms with E-state index in [1.165, 1.54) is 23.4 Å². The van der Waals surface area contributed by atoms with E-state index < -0.39 is 0 Å². The number of nitrogens with one attached hydrogen (secondary N) is 1. The second-order valence-electron chi connectivity index (χ2n) is 4.95. The molecule has 0 bridgehead atoms. The van der Waals surface area contributed by atoms with E-state index >= 15 is 0 Å². The molecule has 18 heavy (non-hydrogen) atoms. The minimum absolute atomic E-state index is 0.481. The third-order valence-electron chi connectivity index (χ3n) is 3.50. The average molecular weight is 268 g/mol. The van der Waals surface area contributed by atoms with Crippen molar-refractivity contribution in [2.24, 2.45) is 0 Å². The zero-order valence-corrected chi connectivity index (χ0v) is 12.3. The smallest absolute Gasteiger partial charge is 0.0594 e. The molecule has 1 fully saturated rings. The molecule has 1 aliphatic rings. The average Bonchev–Trinajstić information content (AvgIpc) is 2.82. The predicted octanol–water partition coefficient (Wildman–Crippen LogP) is 2.43. The molecule has 0 amide bonds. The largest absolute Gasteiger partial charge is 0.379 e. The molecule has 2 rings (SSSR count). The molecular weight excluding hydrogens is 244 g/mol. The van der Waals surface area contributed by atoms with Crippen LogP contribution in [-0.4, -0.2) is 44.3 Å². The Morgan fingerprint density at radius 2 is 2.22 bits per heavy atom. The highest BCUT2D eigenvalue weighted by molar-refractivity contribution is 7.10. The minimum atomic E-state index is 0.481. The van der Waals surface area contributed by atoms with E-state index in [2.05, 4.69) is 35.5 Å². The molecule has 1 saturated heterocycles. The fourth-order valence-corrected chi connectivity index (χ4v) is 3.33. The molecule has 1 N–H and O–H groups in total. The summed E-state index contributed by atoms with van der Waals surface area (Å²) >= 11 is 1.85. The topological polar surface area (TPSA) is 24.5 Å². The normalized spacial score (nSPS) is 19.0. The highest BCUT2D eigenvalue weighted by atomic mass is 32.1. The van der Waals surface area contributed by atoms with Gasteiger partial charge in [0.1, 0.15) is 0 Å². The number of hydrogen-bond donors (Lipinski definition) is 1. The van der Waals surface area contributed by atoms with Gasteiger partial charge in [-0.3, -0.25) is 4.90 Å². The van der Waals surface area contributed by atoms with Gasteiger partial charge in [0.25, 0.3) is 0 Å². The van der Waals surface area contributed by atoms with Crippen molar-refractivity contribution in [2.75, 3.05) is 39.4 Å². The minimum Gasteiger partial charge on any atom is -0.379 e. The van der Waals surface area contributed by atoms with Gasteiger partial charge in [0, 0.05) is 24.0 Å². The quantitative estimate of drug-likeness (QED) is 0.802. The van der Waals surface area contributed by atoms with Crippen molar-refractivity contribution in [2.45, 2.75) is 26.3 Å². The van der Waals surface area contributed by atoms with Crippen LogP contribution >= 0.6 is 11.3 Å². The van der Waals surface area contributed by atoms with Gasteiger partial charge in [-0.1, -0.05) is 0 Å². The fraction of sp³-hybridized carbons (Fsp3) is 0.714. The Kier molecular flexibility index (Phi) is 5.63. The second kappa shape index (κ2) is 7.24. The van der Waals surface area contributed by atoms with Crippen LogP contribution in [0.5, 0.6) is 0 Å². The molecule has 1 unspecified atom stereocenters. The van der Waals surface area contributed by atoms with Gasteiger partial charge in [-0.2, -0.15) is 0 Å². The maximum atomic E-state index is 5.35. The summed E-state index contributed by atoms with van der Waals surface area (Å²) in [5.41, 5.74) is 1.41.